The van der Waals surface area contributed by atoms with Crippen LogP contribution in [0.25, 0.3) is 0 Å². The van der Waals surface area contributed by atoms with Crippen molar-refractivity contribution in [3.05, 3.63) is 46.2 Å². The molecule has 0 fully saturated rings. The van der Waals surface area contributed by atoms with Gasteiger partial charge in [-0.3, -0.25) is 9.59 Å². The van der Waals surface area contributed by atoms with Gasteiger partial charge in [0.1, 0.15) is 6.61 Å². The van der Waals surface area contributed by atoms with Gasteiger partial charge in [-0.05, 0) is 31.2 Å². The lowest BCUT2D eigenvalue weighted by atomic mass is 10.2. The molecule has 2 rings (SSSR count). The van der Waals surface area contributed by atoms with E-state index in [1.807, 2.05) is 37.3 Å². The van der Waals surface area contributed by atoms with Crippen LogP contribution in [0.4, 0.5) is 0 Å². The number of carbonyl (C=O) groups excluding carboxylic acids is 2. The van der Waals surface area contributed by atoms with Crippen molar-refractivity contribution in [2.75, 3.05) is 20.3 Å². The highest BCUT2D eigenvalue weighted by molar-refractivity contribution is 7.14. The molecule has 0 aliphatic heterocycles. The smallest absolute Gasteiger partial charge is 0.220 e. The van der Waals surface area contributed by atoms with Crippen molar-refractivity contribution < 1.29 is 19.1 Å². The molecular weight excluding hydrogens is 326 g/mol. The Hall–Kier alpha value is -2.34. The molecule has 0 spiro atoms. The molecule has 5 nitrogen and oxygen atoms in total. The van der Waals surface area contributed by atoms with Gasteiger partial charge in [0.25, 0.3) is 0 Å². The van der Waals surface area contributed by atoms with Crippen LogP contribution in [-0.4, -0.2) is 32.0 Å². The zero-order valence-electron chi connectivity index (χ0n) is 13.8. The summed E-state index contributed by atoms with van der Waals surface area (Å²) in [5, 5.41) is 2.75. The minimum atomic E-state index is -0.153. The second-order valence-electron chi connectivity index (χ2n) is 5.18. The average Bonchev–Trinajstić information content (AvgIpc) is 3.03. The molecule has 0 atom stereocenters. The second-order valence-corrected chi connectivity index (χ2v) is 6.47. The Morgan fingerprint density at radius 2 is 1.83 bits per heavy atom. The summed E-state index contributed by atoms with van der Waals surface area (Å²) in [5.74, 6) is 1.15. The molecule has 1 N–H and O–H groups in total. The maximum atomic E-state index is 11.9. The molecule has 1 heterocycles. The molecule has 0 aliphatic carbocycles. The first-order chi connectivity index (χ1) is 11.6. The standard InChI is InChI=1S/C18H21NO4S/c1-13-7-9-17(24-13)14(20)8-10-18(21)19-11-12-23-16-6-4-3-5-15(16)22-2/h3-7,9H,8,10-12H2,1-2H3,(H,19,21). The van der Waals surface area contributed by atoms with Gasteiger partial charge in [0.05, 0.1) is 18.5 Å². The molecule has 1 amide bonds. The van der Waals surface area contributed by atoms with Crippen LogP contribution in [0, 0.1) is 6.92 Å². The van der Waals surface area contributed by atoms with E-state index in [2.05, 4.69) is 5.32 Å². The van der Waals surface area contributed by atoms with Crippen LogP contribution >= 0.6 is 11.3 Å². The van der Waals surface area contributed by atoms with Crippen LogP contribution < -0.4 is 14.8 Å². The number of amides is 1. The number of nitrogens with one attached hydrogen (secondary N) is 1. The van der Waals surface area contributed by atoms with Crippen LogP contribution in [0.2, 0.25) is 0 Å². The van der Waals surface area contributed by atoms with E-state index in [1.165, 1.54) is 11.3 Å². The van der Waals surface area contributed by atoms with Crippen LogP contribution in [0.1, 0.15) is 27.4 Å². The van der Waals surface area contributed by atoms with Crippen molar-refractivity contribution in [2.24, 2.45) is 0 Å². The Morgan fingerprint density at radius 1 is 1.08 bits per heavy atom. The van der Waals surface area contributed by atoms with E-state index in [1.54, 1.807) is 13.2 Å². The number of benzene rings is 1. The Bertz CT molecular complexity index is 696. The summed E-state index contributed by atoms with van der Waals surface area (Å²) in [7, 11) is 1.58. The SMILES string of the molecule is COc1ccccc1OCCNC(=O)CCC(=O)c1ccc(C)s1. The number of hydrogen-bond donors (Lipinski definition) is 1. The lowest BCUT2D eigenvalue weighted by Gasteiger charge is -2.10. The fraction of sp³-hybridized carbons (Fsp3) is 0.333. The minimum absolute atomic E-state index is 0.00789. The van der Waals surface area contributed by atoms with Gasteiger partial charge in [-0.25, -0.2) is 0 Å². The molecular formula is C18H21NO4S. The normalized spacial score (nSPS) is 10.2. The van der Waals surface area contributed by atoms with E-state index >= 15 is 0 Å². The van der Waals surface area contributed by atoms with Crippen molar-refractivity contribution in [1.82, 2.24) is 5.32 Å². The predicted octanol–water partition coefficient (Wildman–Crippen LogP) is 3.22. The number of para-hydroxylation sites is 2. The summed E-state index contributed by atoms with van der Waals surface area (Å²) in [6, 6.07) is 11.1. The van der Waals surface area contributed by atoms with Gasteiger partial charge in [-0.15, -0.1) is 11.3 Å². The van der Waals surface area contributed by atoms with Crippen LogP contribution in [-0.2, 0) is 4.79 Å². The Labute approximate surface area is 145 Å². The summed E-state index contributed by atoms with van der Waals surface area (Å²) < 4.78 is 10.8. The number of hydrogen-bond acceptors (Lipinski definition) is 5. The predicted molar refractivity (Wildman–Crippen MR) is 94.1 cm³/mol. The Morgan fingerprint density at radius 3 is 2.50 bits per heavy atom. The third-order valence-corrected chi connectivity index (χ3v) is 4.39. The van der Waals surface area contributed by atoms with Gasteiger partial charge in [-0.2, -0.15) is 0 Å². The fourth-order valence-electron chi connectivity index (χ4n) is 2.11. The number of carbonyl (C=O) groups is 2. The summed E-state index contributed by atoms with van der Waals surface area (Å²) in [4.78, 5) is 25.5. The summed E-state index contributed by atoms with van der Waals surface area (Å²) in [6.07, 6.45) is 0.406. The largest absolute Gasteiger partial charge is 0.493 e. The number of rotatable bonds is 9. The number of methoxy groups -OCH3 is 1. The van der Waals surface area contributed by atoms with E-state index < -0.39 is 0 Å². The number of ether oxygens (including phenoxy) is 2. The van der Waals surface area contributed by atoms with Gasteiger partial charge >= 0.3 is 0 Å². The highest BCUT2D eigenvalue weighted by Crippen LogP contribution is 2.25. The lowest BCUT2D eigenvalue weighted by Crippen LogP contribution is -2.28. The highest BCUT2D eigenvalue weighted by Gasteiger charge is 2.11. The molecule has 24 heavy (non-hydrogen) atoms. The van der Waals surface area contributed by atoms with E-state index in [9.17, 15) is 9.59 Å². The third-order valence-electron chi connectivity index (χ3n) is 3.35. The number of thiophene rings is 1. The van der Waals surface area contributed by atoms with Crippen LogP contribution in [0.3, 0.4) is 0 Å². The molecule has 6 heteroatoms. The van der Waals surface area contributed by atoms with E-state index in [4.69, 9.17) is 9.47 Å². The zero-order valence-corrected chi connectivity index (χ0v) is 14.7. The first kappa shape index (κ1) is 18.0. The molecule has 2 aromatic rings. The first-order valence-corrected chi connectivity index (χ1v) is 8.54. The summed E-state index contributed by atoms with van der Waals surface area (Å²) in [6.45, 7) is 2.67. The molecule has 1 aromatic heterocycles. The molecule has 0 unspecified atom stereocenters. The average molecular weight is 347 g/mol. The highest BCUT2D eigenvalue weighted by atomic mass is 32.1. The van der Waals surface area contributed by atoms with Crippen LogP contribution in [0.15, 0.2) is 36.4 Å². The van der Waals surface area contributed by atoms with Gasteiger partial charge in [0.2, 0.25) is 5.91 Å². The molecule has 0 aliphatic rings. The lowest BCUT2D eigenvalue weighted by molar-refractivity contribution is -0.121. The summed E-state index contributed by atoms with van der Waals surface area (Å²) in [5.41, 5.74) is 0. The zero-order chi connectivity index (χ0) is 17.4. The second kappa shape index (κ2) is 9.08. The van der Waals surface area contributed by atoms with Crippen molar-refractivity contribution in [3.8, 4) is 11.5 Å². The molecule has 0 saturated heterocycles. The van der Waals surface area contributed by atoms with Crippen molar-refractivity contribution in [2.45, 2.75) is 19.8 Å². The van der Waals surface area contributed by atoms with Crippen LogP contribution in [0.5, 0.6) is 11.5 Å². The van der Waals surface area contributed by atoms with Gasteiger partial charge in [0, 0.05) is 17.7 Å². The van der Waals surface area contributed by atoms with Gasteiger partial charge in [-0.1, -0.05) is 12.1 Å². The molecule has 0 saturated carbocycles. The number of ketones is 1. The maximum Gasteiger partial charge on any atom is 0.220 e. The van der Waals surface area contributed by atoms with Crippen molar-refractivity contribution in [1.29, 1.82) is 0 Å². The number of Topliss-reactive ketones (excluding diaryl/α,β-unsaturated/α-hetero) is 1. The first-order valence-electron chi connectivity index (χ1n) is 7.72. The Kier molecular flexibility index (Phi) is 6.81. The molecule has 1 aromatic carbocycles. The number of aryl methyl sites for hydroxylation is 1. The fourth-order valence-corrected chi connectivity index (χ4v) is 2.95. The molecule has 0 bridgehead atoms. The maximum absolute atomic E-state index is 11.9. The van der Waals surface area contributed by atoms with E-state index in [-0.39, 0.29) is 24.5 Å². The van der Waals surface area contributed by atoms with E-state index in [0.29, 0.717) is 29.5 Å². The quantitative estimate of drug-likeness (QED) is 0.559. The summed E-state index contributed by atoms with van der Waals surface area (Å²) >= 11 is 1.46. The minimum Gasteiger partial charge on any atom is -0.493 e. The van der Waals surface area contributed by atoms with E-state index in [0.717, 1.165) is 4.88 Å². The topological polar surface area (TPSA) is 64.6 Å². The molecule has 128 valence electrons. The van der Waals surface area contributed by atoms with Gasteiger partial charge in [0.15, 0.2) is 17.3 Å². The monoisotopic (exact) mass is 347 g/mol. The van der Waals surface area contributed by atoms with Gasteiger partial charge < -0.3 is 14.8 Å². The third kappa shape index (κ3) is 5.38. The molecule has 0 radical (unpaired) electrons. The van der Waals surface area contributed by atoms with Crippen molar-refractivity contribution >= 4 is 23.0 Å². The van der Waals surface area contributed by atoms with Crippen molar-refractivity contribution in [3.63, 3.8) is 0 Å². The Balaban J connectivity index is 1.65.